The van der Waals surface area contributed by atoms with Crippen LogP contribution >= 0.6 is 11.8 Å². The Kier molecular flexibility index (Phi) is 3.74. The molecule has 2 heterocycles. The first-order valence-electron chi connectivity index (χ1n) is 6.73. The molecule has 3 N–H and O–H groups in total. The number of nitrogens with zero attached hydrogens (tertiary/aromatic N) is 2. The van der Waals surface area contributed by atoms with Gasteiger partial charge in [-0.05, 0) is 12.8 Å². The van der Waals surface area contributed by atoms with Crippen molar-refractivity contribution in [3.05, 3.63) is 0 Å². The van der Waals surface area contributed by atoms with E-state index in [1.165, 1.54) is 24.6 Å². The highest BCUT2D eigenvalue weighted by Crippen LogP contribution is 2.37. The van der Waals surface area contributed by atoms with Gasteiger partial charge < -0.3 is 25.2 Å². The largest absolute Gasteiger partial charge is 0.388 e. The van der Waals surface area contributed by atoms with Gasteiger partial charge in [-0.25, -0.2) is 0 Å². The average molecular weight is 287 g/mol. The van der Waals surface area contributed by atoms with Crippen molar-refractivity contribution < 1.29 is 14.9 Å². The van der Waals surface area contributed by atoms with Crippen molar-refractivity contribution in [1.82, 2.24) is 10.2 Å². The molecule has 2 fully saturated rings. The average Bonchev–Trinajstić information content (AvgIpc) is 3.09. The van der Waals surface area contributed by atoms with Crippen LogP contribution in [0.25, 0.3) is 0 Å². The Balaban J connectivity index is 1.64. The molecule has 0 aromatic heterocycles. The van der Waals surface area contributed by atoms with Crippen molar-refractivity contribution in [2.75, 3.05) is 20.6 Å². The van der Waals surface area contributed by atoms with Gasteiger partial charge in [-0.3, -0.25) is 4.99 Å². The lowest BCUT2D eigenvalue weighted by Crippen LogP contribution is -2.57. The molecule has 0 amide bonds. The molecule has 0 aromatic carbocycles. The van der Waals surface area contributed by atoms with Crippen LogP contribution in [-0.2, 0) is 4.74 Å². The summed E-state index contributed by atoms with van der Waals surface area (Å²) >= 11 is 1.52. The lowest BCUT2D eigenvalue weighted by atomic mass is 9.98. The molecular weight excluding hydrogens is 266 g/mol. The monoisotopic (exact) mass is 287 g/mol. The number of amidine groups is 1. The van der Waals surface area contributed by atoms with E-state index < -0.39 is 12.2 Å². The summed E-state index contributed by atoms with van der Waals surface area (Å²) < 4.78 is 5.90. The quantitative estimate of drug-likeness (QED) is 0.632. The van der Waals surface area contributed by atoms with E-state index in [1.54, 1.807) is 0 Å². The van der Waals surface area contributed by atoms with E-state index in [4.69, 9.17) is 4.74 Å². The van der Waals surface area contributed by atoms with Gasteiger partial charge in [0.05, 0.1) is 0 Å². The Hall–Kier alpha value is -0.340. The number of thioether (sulfide) groups is 1. The third-order valence-corrected chi connectivity index (χ3v) is 5.02. The number of hydrogen-bond acceptors (Lipinski definition) is 7. The fraction of sp³-hybridized carbons (Fsp3) is 0.917. The van der Waals surface area contributed by atoms with E-state index in [9.17, 15) is 10.2 Å². The van der Waals surface area contributed by atoms with E-state index in [0.29, 0.717) is 12.6 Å². The molecule has 0 bridgehead atoms. The zero-order chi connectivity index (χ0) is 13.6. The summed E-state index contributed by atoms with van der Waals surface area (Å²) in [6.45, 7) is 0.587. The standard InChI is InChI=1S/C12H21N3O3S/c1-15(2)12-14-8-10(17)9(16)7(18-11(8)19-12)5-13-6-3-4-6/h6-11,13,16-17H,3-5H2,1-2H3/t7-,8-,9-,10-,11-/m1/s1. The van der Waals surface area contributed by atoms with Gasteiger partial charge in [0.15, 0.2) is 5.17 Å². The predicted octanol–water partition coefficient (Wildman–Crippen LogP) is -0.782. The zero-order valence-corrected chi connectivity index (χ0v) is 12.0. The Morgan fingerprint density at radius 3 is 2.74 bits per heavy atom. The minimum absolute atomic E-state index is 0.193. The summed E-state index contributed by atoms with van der Waals surface area (Å²) in [5.74, 6) is 0. The molecule has 108 valence electrons. The van der Waals surface area contributed by atoms with Crippen LogP contribution in [0.2, 0.25) is 0 Å². The molecule has 0 aromatic rings. The molecule has 1 saturated carbocycles. The Morgan fingerprint density at radius 2 is 2.11 bits per heavy atom. The number of ether oxygens (including phenoxy) is 1. The fourth-order valence-electron chi connectivity index (χ4n) is 2.37. The van der Waals surface area contributed by atoms with Gasteiger partial charge in [-0.2, -0.15) is 0 Å². The molecule has 3 aliphatic rings. The minimum atomic E-state index is -0.877. The van der Waals surface area contributed by atoms with Crippen LogP contribution < -0.4 is 5.32 Å². The van der Waals surface area contributed by atoms with Crippen LogP contribution in [-0.4, -0.2) is 76.8 Å². The second-order valence-corrected chi connectivity index (χ2v) is 6.69. The van der Waals surface area contributed by atoms with E-state index in [1.807, 2.05) is 19.0 Å². The number of aliphatic hydroxyl groups excluding tert-OH is 2. The number of fused-ring (bicyclic) bond motifs is 1. The van der Waals surface area contributed by atoms with Crippen LogP contribution in [0.5, 0.6) is 0 Å². The summed E-state index contributed by atoms with van der Waals surface area (Å²) in [4.78, 5) is 6.34. The Morgan fingerprint density at radius 1 is 1.37 bits per heavy atom. The normalized spacial score (nSPS) is 41.9. The number of nitrogens with one attached hydrogen (secondary N) is 1. The van der Waals surface area contributed by atoms with Gasteiger partial charge in [0.25, 0.3) is 0 Å². The maximum absolute atomic E-state index is 10.2. The second-order valence-electron chi connectivity index (χ2n) is 5.62. The van der Waals surface area contributed by atoms with Gasteiger partial charge in [0, 0.05) is 26.7 Å². The van der Waals surface area contributed by atoms with Gasteiger partial charge >= 0.3 is 0 Å². The molecular formula is C12H21N3O3S. The second kappa shape index (κ2) is 5.21. The molecule has 0 unspecified atom stereocenters. The van der Waals surface area contributed by atoms with Gasteiger partial charge in [0.1, 0.15) is 29.8 Å². The van der Waals surface area contributed by atoms with E-state index in [2.05, 4.69) is 10.3 Å². The first-order valence-corrected chi connectivity index (χ1v) is 7.61. The van der Waals surface area contributed by atoms with E-state index in [0.717, 1.165) is 5.17 Å². The molecule has 7 heteroatoms. The van der Waals surface area contributed by atoms with Crippen LogP contribution in [0, 0.1) is 0 Å². The first-order chi connectivity index (χ1) is 9.06. The summed E-state index contributed by atoms with van der Waals surface area (Å²) in [6, 6.07) is 0.199. The maximum Gasteiger partial charge on any atom is 0.161 e. The lowest BCUT2D eigenvalue weighted by Gasteiger charge is -2.38. The molecule has 6 nitrogen and oxygen atoms in total. The van der Waals surface area contributed by atoms with Crippen LogP contribution in [0.4, 0.5) is 0 Å². The van der Waals surface area contributed by atoms with Crippen molar-refractivity contribution in [2.24, 2.45) is 4.99 Å². The summed E-state index contributed by atoms with van der Waals surface area (Å²) in [5.41, 5.74) is -0.193. The van der Waals surface area contributed by atoms with Gasteiger partial charge in [-0.1, -0.05) is 11.8 Å². The first kappa shape index (κ1) is 13.6. The Labute approximate surface area is 117 Å². The van der Waals surface area contributed by atoms with Gasteiger partial charge in [0.2, 0.25) is 0 Å². The SMILES string of the molecule is CN(C)C1=N[C@@H]2[C@@H](O)[C@H](O)[C@@H](CNC3CC3)O[C@@H]2S1. The highest BCUT2D eigenvalue weighted by Gasteiger charge is 2.48. The number of hydrogen-bond donors (Lipinski definition) is 3. The van der Waals surface area contributed by atoms with Crippen molar-refractivity contribution in [2.45, 2.75) is 48.7 Å². The van der Waals surface area contributed by atoms with E-state index >= 15 is 0 Å². The minimum Gasteiger partial charge on any atom is -0.388 e. The molecule has 3 rings (SSSR count). The number of aliphatic imine (C=N–C) groups is 1. The van der Waals surface area contributed by atoms with Crippen molar-refractivity contribution in [1.29, 1.82) is 0 Å². The zero-order valence-electron chi connectivity index (χ0n) is 11.2. The topological polar surface area (TPSA) is 77.3 Å². The smallest absolute Gasteiger partial charge is 0.161 e. The van der Waals surface area contributed by atoms with E-state index in [-0.39, 0.29) is 17.6 Å². The molecule has 19 heavy (non-hydrogen) atoms. The molecule has 0 radical (unpaired) electrons. The molecule has 1 aliphatic carbocycles. The fourth-order valence-corrected chi connectivity index (χ4v) is 3.53. The third-order valence-electron chi connectivity index (χ3n) is 3.72. The number of rotatable bonds is 3. The summed E-state index contributed by atoms with van der Waals surface area (Å²) in [7, 11) is 3.83. The van der Waals surface area contributed by atoms with Crippen molar-refractivity contribution in [3.63, 3.8) is 0 Å². The van der Waals surface area contributed by atoms with Crippen LogP contribution in [0.1, 0.15) is 12.8 Å². The number of aliphatic hydroxyl groups is 2. The highest BCUT2D eigenvalue weighted by molar-refractivity contribution is 8.14. The van der Waals surface area contributed by atoms with Crippen LogP contribution in [0.15, 0.2) is 4.99 Å². The molecule has 2 aliphatic heterocycles. The third kappa shape index (κ3) is 2.75. The predicted molar refractivity (Wildman–Crippen MR) is 74.2 cm³/mol. The maximum atomic E-state index is 10.2. The van der Waals surface area contributed by atoms with Crippen molar-refractivity contribution >= 4 is 16.9 Å². The molecule has 0 spiro atoms. The lowest BCUT2D eigenvalue weighted by molar-refractivity contribution is -0.150. The highest BCUT2D eigenvalue weighted by atomic mass is 32.2. The molecule has 5 atom stereocenters. The molecule has 1 saturated heterocycles. The van der Waals surface area contributed by atoms with Gasteiger partial charge in [-0.15, -0.1) is 0 Å². The summed E-state index contributed by atoms with van der Waals surface area (Å²) in [5, 5.41) is 24.5. The Bertz CT molecular complexity index is 375. The summed E-state index contributed by atoms with van der Waals surface area (Å²) in [6.07, 6.45) is 0.300. The van der Waals surface area contributed by atoms with Crippen LogP contribution in [0.3, 0.4) is 0 Å². The van der Waals surface area contributed by atoms with Crippen molar-refractivity contribution in [3.8, 4) is 0 Å².